The zero-order chi connectivity index (χ0) is 18.8. The van der Waals surface area contributed by atoms with Crippen LogP contribution in [0.2, 0.25) is 0 Å². The molecule has 4 rings (SSSR count). The summed E-state index contributed by atoms with van der Waals surface area (Å²) in [6, 6.07) is 22.2. The van der Waals surface area contributed by atoms with Gasteiger partial charge in [-0.25, -0.2) is 15.0 Å². The van der Waals surface area contributed by atoms with Crippen LogP contribution in [0.25, 0.3) is 33.9 Å². The molecule has 0 saturated heterocycles. The highest BCUT2D eigenvalue weighted by molar-refractivity contribution is 9.10. The number of rotatable bonds is 3. The first-order valence-corrected chi connectivity index (χ1v) is 9.41. The summed E-state index contributed by atoms with van der Waals surface area (Å²) in [5, 5.41) is 0. The molecule has 0 aliphatic carbocycles. The minimum atomic E-state index is 0.518. The lowest BCUT2D eigenvalue weighted by Crippen LogP contribution is -1.97. The van der Waals surface area contributed by atoms with Crippen LogP contribution >= 0.6 is 15.9 Å². The molecular formula is C22H17BrN4. The Morgan fingerprint density at radius 2 is 1.30 bits per heavy atom. The van der Waals surface area contributed by atoms with E-state index in [9.17, 15) is 0 Å². The molecule has 0 saturated carbocycles. The topological polar surface area (TPSA) is 51.6 Å². The fraction of sp³-hybridized carbons (Fsp3) is 0.0909. The van der Waals surface area contributed by atoms with E-state index in [-0.39, 0.29) is 0 Å². The average Bonchev–Trinajstić information content (AvgIpc) is 2.68. The van der Waals surface area contributed by atoms with E-state index in [1.165, 1.54) is 0 Å². The molecule has 0 unspecified atom stereocenters. The highest BCUT2D eigenvalue weighted by Crippen LogP contribution is 2.28. The van der Waals surface area contributed by atoms with Crippen LogP contribution in [0.4, 0.5) is 0 Å². The summed E-state index contributed by atoms with van der Waals surface area (Å²) in [6.45, 7) is 4.03. The smallest absolute Gasteiger partial charge is 0.200 e. The lowest BCUT2D eigenvalue weighted by Gasteiger charge is -2.09. The Morgan fingerprint density at radius 1 is 0.630 bits per heavy atom. The third kappa shape index (κ3) is 3.78. The molecule has 4 aromatic rings. The number of hydrogen-bond donors (Lipinski definition) is 0. The van der Waals surface area contributed by atoms with Crippen molar-refractivity contribution in [2.75, 3.05) is 0 Å². The molecule has 5 heteroatoms. The minimum absolute atomic E-state index is 0.518. The standard InChI is InChI=1S/C22H17BrN4/c1-14-11-12-19(15(2)24-14)17-9-6-10-18(13-17)21-25-20(26-22(23)27-21)16-7-4-3-5-8-16/h3-13H,1-2H3. The molecule has 2 aromatic carbocycles. The summed E-state index contributed by atoms with van der Waals surface area (Å²) in [4.78, 5) is 18.1. The number of aryl methyl sites for hydroxylation is 2. The Kier molecular flexibility index (Phi) is 4.77. The second-order valence-corrected chi connectivity index (χ2v) is 6.99. The molecule has 27 heavy (non-hydrogen) atoms. The van der Waals surface area contributed by atoms with Crippen molar-refractivity contribution >= 4 is 15.9 Å². The third-order valence-electron chi connectivity index (χ3n) is 4.30. The number of aromatic nitrogens is 4. The van der Waals surface area contributed by atoms with E-state index in [2.05, 4.69) is 54.1 Å². The molecule has 0 N–H and O–H groups in total. The third-order valence-corrected chi connectivity index (χ3v) is 4.65. The van der Waals surface area contributed by atoms with Crippen LogP contribution in [0, 0.1) is 13.8 Å². The molecule has 2 aromatic heterocycles. The lowest BCUT2D eigenvalue weighted by molar-refractivity contribution is 1.03. The summed E-state index contributed by atoms with van der Waals surface area (Å²) >= 11 is 3.42. The molecule has 0 aliphatic rings. The van der Waals surface area contributed by atoms with Crippen molar-refractivity contribution in [3.63, 3.8) is 0 Å². The molecule has 2 heterocycles. The van der Waals surface area contributed by atoms with Gasteiger partial charge in [-0.15, -0.1) is 0 Å². The number of halogens is 1. The fourth-order valence-corrected chi connectivity index (χ4v) is 3.35. The van der Waals surface area contributed by atoms with Crippen LogP contribution in [0.15, 0.2) is 71.5 Å². The quantitative estimate of drug-likeness (QED) is 0.433. The molecule has 0 amide bonds. The Labute approximate surface area is 166 Å². The van der Waals surface area contributed by atoms with Gasteiger partial charge in [0.1, 0.15) is 0 Å². The van der Waals surface area contributed by atoms with Gasteiger partial charge < -0.3 is 0 Å². The molecule has 0 bridgehead atoms. The maximum atomic E-state index is 4.68. The Bertz CT molecular complexity index is 1110. The zero-order valence-corrected chi connectivity index (χ0v) is 16.6. The van der Waals surface area contributed by atoms with Crippen molar-refractivity contribution in [2.45, 2.75) is 13.8 Å². The second kappa shape index (κ2) is 7.37. The Hall–Kier alpha value is -2.92. The van der Waals surface area contributed by atoms with Crippen LogP contribution in [0.1, 0.15) is 11.4 Å². The van der Waals surface area contributed by atoms with Gasteiger partial charge >= 0.3 is 0 Å². The van der Waals surface area contributed by atoms with Gasteiger partial charge in [0.05, 0.1) is 0 Å². The van der Waals surface area contributed by atoms with Crippen molar-refractivity contribution in [3.05, 3.63) is 82.9 Å². The molecule has 0 aliphatic heterocycles. The first kappa shape index (κ1) is 17.5. The molecule has 4 nitrogen and oxygen atoms in total. The molecule has 0 atom stereocenters. The summed E-state index contributed by atoms with van der Waals surface area (Å²) < 4.78 is 0.518. The molecule has 0 radical (unpaired) electrons. The SMILES string of the molecule is Cc1ccc(-c2cccc(-c3nc(Br)nc(-c4ccccc4)n3)c2)c(C)n1. The van der Waals surface area contributed by atoms with Crippen LogP contribution in [0.5, 0.6) is 0 Å². The predicted octanol–water partition coefficient (Wildman–Crippen LogP) is 5.65. The van der Waals surface area contributed by atoms with Crippen molar-refractivity contribution < 1.29 is 0 Å². The van der Waals surface area contributed by atoms with E-state index < -0.39 is 0 Å². The number of nitrogens with zero attached hydrogens (tertiary/aromatic N) is 4. The van der Waals surface area contributed by atoms with E-state index in [0.29, 0.717) is 16.4 Å². The first-order chi connectivity index (χ1) is 13.1. The maximum absolute atomic E-state index is 4.68. The highest BCUT2D eigenvalue weighted by Gasteiger charge is 2.11. The minimum Gasteiger partial charge on any atom is -0.258 e. The summed E-state index contributed by atoms with van der Waals surface area (Å²) in [7, 11) is 0. The second-order valence-electron chi connectivity index (χ2n) is 6.28. The predicted molar refractivity (Wildman–Crippen MR) is 111 cm³/mol. The summed E-state index contributed by atoms with van der Waals surface area (Å²) in [5.74, 6) is 1.28. The monoisotopic (exact) mass is 416 g/mol. The van der Waals surface area contributed by atoms with Gasteiger partial charge in [0, 0.05) is 28.1 Å². The maximum Gasteiger partial charge on any atom is 0.200 e. The normalized spacial score (nSPS) is 10.8. The first-order valence-electron chi connectivity index (χ1n) is 8.62. The molecular weight excluding hydrogens is 400 g/mol. The average molecular weight is 417 g/mol. The molecule has 132 valence electrons. The van der Waals surface area contributed by atoms with Crippen LogP contribution < -0.4 is 0 Å². The summed E-state index contributed by atoms with van der Waals surface area (Å²) in [6.07, 6.45) is 0. The van der Waals surface area contributed by atoms with Crippen molar-refractivity contribution in [3.8, 4) is 33.9 Å². The number of hydrogen-bond acceptors (Lipinski definition) is 4. The zero-order valence-electron chi connectivity index (χ0n) is 15.0. The van der Waals surface area contributed by atoms with Gasteiger partial charge in [-0.05, 0) is 47.5 Å². The van der Waals surface area contributed by atoms with E-state index in [1.54, 1.807) is 0 Å². The van der Waals surface area contributed by atoms with Crippen molar-refractivity contribution in [2.24, 2.45) is 0 Å². The largest absolute Gasteiger partial charge is 0.258 e. The van der Waals surface area contributed by atoms with Gasteiger partial charge in [-0.3, -0.25) is 4.98 Å². The van der Waals surface area contributed by atoms with Gasteiger partial charge in [-0.1, -0.05) is 54.6 Å². The lowest BCUT2D eigenvalue weighted by atomic mass is 10.0. The van der Waals surface area contributed by atoms with Gasteiger partial charge in [0.15, 0.2) is 11.6 Å². The van der Waals surface area contributed by atoms with Gasteiger partial charge in [0.2, 0.25) is 4.73 Å². The van der Waals surface area contributed by atoms with Crippen LogP contribution in [-0.2, 0) is 0 Å². The van der Waals surface area contributed by atoms with Crippen LogP contribution in [-0.4, -0.2) is 19.9 Å². The van der Waals surface area contributed by atoms with Crippen molar-refractivity contribution in [1.29, 1.82) is 0 Å². The van der Waals surface area contributed by atoms with E-state index in [4.69, 9.17) is 0 Å². The fourth-order valence-electron chi connectivity index (χ4n) is 3.01. The van der Waals surface area contributed by atoms with E-state index in [1.807, 2.05) is 62.4 Å². The van der Waals surface area contributed by atoms with Crippen molar-refractivity contribution in [1.82, 2.24) is 19.9 Å². The Morgan fingerprint density at radius 3 is 2.04 bits per heavy atom. The molecule has 0 spiro atoms. The highest BCUT2D eigenvalue weighted by atomic mass is 79.9. The van der Waals surface area contributed by atoms with E-state index >= 15 is 0 Å². The van der Waals surface area contributed by atoms with Gasteiger partial charge in [0.25, 0.3) is 0 Å². The number of pyridine rings is 1. The molecule has 0 fully saturated rings. The van der Waals surface area contributed by atoms with Gasteiger partial charge in [-0.2, -0.15) is 0 Å². The van der Waals surface area contributed by atoms with E-state index in [0.717, 1.165) is 33.6 Å². The summed E-state index contributed by atoms with van der Waals surface area (Å²) in [5.41, 5.74) is 6.12. The number of benzene rings is 2. The van der Waals surface area contributed by atoms with Crippen LogP contribution in [0.3, 0.4) is 0 Å². The Balaban J connectivity index is 1.79.